The summed E-state index contributed by atoms with van der Waals surface area (Å²) in [6.45, 7) is 5.33. The van der Waals surface area contributed by atoms with Crippen molar-refractivity contribution in [2.75, 3.05) is 19.8 Å². The van der Waals surface area contributed by atoms with Gasteiger partial charge < -0.3 is 14.6 Å². The van der Waals surface area contributed by atoms with Crippen LogP contribution in [-0.4, -0.2) is 24.9 Å². The molecule has 3 nitrogen and oxygen atoms in total. The monoisotopic (exact) mass is 208 g/mol. The molecule has 1 heterocycles. The molecule has 1 N–H and O–H groups in total. The zero-order valence-corrected chi connectivity index (χ0v) is 9.12. The maximum absolute atomic E-state index is 10.2. The summed E-state index contributed by atoms with van der Waals surface area (Å²) in [5, 5.41) is 10.2. The molecule has 1 aliphatic heterocycles. The molecule has 1 aromatic rings. The van der Waals surface area contributed by atoms with Gasteiger partial charge in [-0.15, -0.1) is 0 Å². The first kappa shape index (κ1) is 10.5. The molecule has 1 saturated heterocycles. The van der Waals surface area contributed by atoms with Crippen molar-refractivity contribution in [3.05, 3.63) is 29.3 Å². The van der Waals surface area contributed by atoms with Gasteiger partial charge in [-0.05, 0) is 37.1 Å². The average molecular weight is 208 g/mol. The second-order valence-electron chi connectivity index (χ2n) is 3.93. The normalized spacial score (nSPS) is 18.3. The highest BCUT2D eigenvalue weighted by Gasteiger charge is 2.39. The zero-order valence-electron chi connectivity index (χ0n) is 9.12. The summed E-state index contributed by atoms with van der Waals surface area (Å²) in [6, 6.07) is 5.79. The van der Waals surface area contributed by atoms with E-state index in [0.717, 1.165) is 16.9 Å². The highest BCUT2D eigenvalue weighted by atomic mass is 16.5. The van der Waals surface area contributed by atoms with Gasteiger partial charge in [0, 0.05) is 0 Å². The van der Waals surface area contributed by atoms with Crippen molar-refractivity contribution in [2.24, 2.45) is 0 Å². The summed E-state index contributed by atoms with van der Waals surface area (Å²) >= 11 is 0. The Morgan fingerprint density at radius 2 is 2.20 bits per heavy atom. The highest BCUT2D eigenvalue weighted by molar-refractivity contribution is 5.39. The van der Waals surface area contributed by atoms with Gasteiger partial charge in [-0.1, -0.05) is 6.07 Å². The number of rotatable bonds is 3. The molecule has 0 amide bonds. The lowest BCUT2D eigenvalue weighted by molar-refractivity contribution is -0.185. The Morgan fingerprint density at radius 3 is 2.73 bits per heavy atom. The van der Waals surface area contributed by atoms with E-state index in [1.54, 1.807) is 0 Å². The fraction of sp³-hybridized carbons (Fsp3) is 0.500. The van der Waals surface area contributed by atoms with Crippen molar-refractivity contribution in [3.8, 4) is 5.75 Å². The van der Waals surface area contributed by atoms with E-state index in [1.165, 1.54) is 0 Å². The quantitative estimate of drug-likeness (QED) is 0.820. The van der Waals surface area contributed by atoms with Crippen LogP contribution < -0.4 is 4.74 Å². The summed E-state index contributed by atoms with van der Waals surface area (Å²) < 4.78 is 10.5. The molecule has 2 rings (SSSR count). The molecule has 0 spiro atoms. The Bertz CT molecular complexity index is 356. The molecule has 15 heavy (non-hydrogen) atoms. The van der Waals surface area contributed by atoms with E-state index in [2.05, 4.69) is 0 Å². The number of hydrogen-bond donors (Lipinski definition) is 1. The van der Waals surface area contributed by atoms with Gasteiger partial charge in [0.1, 0.15) is 11.4 Å². The van der Waals surface area contributed by atoms with Crippen LogP contribution >= 0.6 is 0 Å². The van der Waals surface area contributed by atoms with Crippen LogP contribution in [0.25, 0.3) is 0 Å². The van der Waals surface area contributed by atoms with Crippen molar-refractivity contribution >= 4 is 0 Å². The first-order valence-corrected chi connectivity index (χ1v) is 5.20. The molecule has 0 aromatic heterocycles. The number of ether oxygens (including phenoxy) is 2. The molecule has 0 aliphatic carbocycles. The maximum atomic E-state index is 10.2. The number of aliphatic hydroxyl groups is 1. The lowest BCUT2D eigenvalue weighted by atomic mass is 9.88. The van der Waals surface area contributed by atoms with E-state index >= 15 is 0 Å². The Hall–Kier alpha value is -1.06. The molecule has 0 bridgehead atoms. The summed E-state index contributed by atoms with van der Waals surface area (Å²) in [5.41, 5.74) is 1.18. The van der Waals surface area contributed by atoms with E-state index in [4.69, 9.17) is 9.47 Å². The van der Waals surface area contributed by atoms with E-state index in [0.29, 0.717) is 19.8 Å². The van der Waals surface area contributed by atoms with Gasteiger partial charge in [0.15, 0.2) is 0 Å². The van der Waals surface area contributed by atoms with Crippen molar-refractivity contribution < 1.29 is 14.6 Å². The fourth-order valence-electron chi connectivity index (χ4n) is 1.81. The van der Waals surface area contributed by atoms with Crippen LogP contribution in [0.3, 0.4) is 0 Å². The van der Waals surface area contributed by atoms with E-state index in [-0.39, 0.29) is 0 Å². The van der Waals surface area contributed by atoms with E-state index < -0.39 is 5.60 Å². The second kappa shape index (κ2) is 3.83. The third-order valence-corrected chi connectivity index (χ3v) is 2.70. The van der Waals surface area contributed by atoms with Crippen LogP contribution in [0.5, 0.6) is 5.75 Å². The number of benzene rings is 1. The van der Waals surface area contributed by atoms with Crippen molar-refractivity contribution in [2.45, 2.75) is 19.4 Å². The Labute approximate surface area is 89.6 Å². The lowest BCUT2D eigenvalue weighted by Crippen LogP contribution is -2.47. The molecular weight excluding hydrogens is 192 g/mol. The summed E-state index contributed by atoms with van der Waals surface area (Å²) in [5.74, 6) is 0.804. The van der Waals surface area contributed by atoms with E-state index in [1.807, 2.05) is 32.0 Å². The molecule has 1 fully saturated rings. The van der Waals surface area contributed by atoms with Gasteiger partial charge >= 0.3 is 0 Å². The Kier molecular flexibility index (Phi) is 2.67. The molecule has 3 heteroatoms. The topological polar surface area (TPSA) is 38.7 Å². The molecule has 1 aromatic carbocycles. The highest BCUT2D eigenvalue weighted by Crippen LogP contribution is 2.33. The minimum absolute atomic E-state index is 0.378. The molecule has 82 valence electrons. The summed E-state index contributed by atoms with van der Waals surface area (Å²) in [4.78, 5) is 0. The first-order valence-electron chi connectivity index (χ1n) is 5.20. The van der Waals surface area contributed by atoms with Crippen LogP contribution in [0.15, 0.2) is 18.2 Å². The smallest absolute Gasteiger partial charge is 0.136 e. The molecule has 0 atom stereocenters. The van der Waals surface area contributed by atoms with Crippen molar-refractivity contribution in [3.63, 3.8) is 0 Å². The number of aryl methyl sites for hydroxylation is 1. The van der Waals surface area contributed by atoms with Gasteiger partial charge in [-0.3, -0.25) is 0 Å². The second-order valence-corrected chi connectivity index (χ2v) is 3.93. The molecule has 0 radical (unpaired) electrons. The van der Waals surface area contributed by atoms with Crippen molar-refractivity contribution in [1.82, 2.24) is 0 Å². The molecule has 0 saturated carbocycles. The van der Waals surface area contributed by atoms with Crippen LogP contribution in [0.4, 0.5) is 0 Å². The van der Waals surface area contributed by atoms with Crippen LogP contribution in [0.2, 0.25) is 0 Å². The lowest BCUT2D eigenvalue weighted by Gasteiger charge is -2.37. The Morgan fingerprint density at radius 1 is 1.47 bits per heavy atom. The van der Waals surface area contributed by atoms with E-state index in [9.17, 15) is 5.11 Å². The van der Waals surface area contributed by atoms with Crippen LogP contribution in [0, 0.1) is 6.92 Å². The predicted octanol–water partition coefficient (Wildman–Crippen LogP) is 1.61. The Balaban J connectivity index is 2.32. The summed E-state index contributed by atoms with van der Waals surface area (Å²) in [6.07, 6.45) is 0. The van der Waals surface area contributed by atoms with Gasteiger partial charge in [0.05, 0.1) is 19.8 Å². The standard InChI is InChI=1S/C12H16O3/c1-3-15-10-5-4-9(2)11(6-10)12(13)7-14-8-12/h4-6,13H,3,7-8H2,1-2H3. The van der Waals surface area contributed by atoms with Crippen LogP contribution in [0.1, 0.15) is 18.1 Å². The average Bonchev–Trinajstić information content (AvgIpc) is 2.18. The molecule has 1 aliphatic rings. The zero-order chi connectivity index (χ0) is 10.9. The van der Waals surface area contributed by atoms with Crippen molar-refractivity contribution in [1.29, 1.82) is 0 Å². The van der Waals surface area contributed by atoms with Crippen LogP contribution in [-0.2, 0) is 10.3 Å². The fourth-order valence-corrected chi connectivity index (χ4v) is 1.81. The maximum Gasteiger partial charge on any atom is 0.136 e. The minimum atomic E-state index is -0.808. The molecular formula is C12H16O3. The van der Waals surface area contributed by atoms with Gasteiger partial charge in [-0.2, -0.15) is 0 Å². The van der Waals surface area contributed by atoms with Gasteiger partial charge in [0.2, 0.25) is 0 Å². The third kappa shape index (κ3) is 1.85. The number of hydrogen-bond acceptors (Lipinski definition) is 3. The van der Waals surface area contributed by atoms with Gasteiger partial charge in [-0.25, -0.2) is 0 Å². The molecule has 0 unspecified atom stereocenters. The summed E-state index contributed by atoms with van der Waals surface area (Å²) in [7, 11) is 0. The first-order chi connectivity index (χ1) is 7.15. The van der Waals surface area contributed by atoms with Gasteiger partial charge in [0.25, 0.3) is 0 Å². The SMILES string of the molecule is CCOc1ccc(C)c(C2(O)COC2)c1. The predicted molar refractivity (Wildman–Crippen MR) is 57.1 cm³/mol. The minimum Gasteiger partial charge on any atom is -0.494 e. The third-order valence-electron chi connectivity index (χ3n) is 2.70. The largest absolute Gasteiger partial charge is 0.494 e.